The molecule has 1 N–H and O–H groups in total. The van der Waals surface area contributed by atoms with E-state index in [9.17, 15) is 8.42 Å². The second kappa shape index (κ2) is 5.10. The zero-order chi connectivity index (χ0) is 15.0. The van der Waals surface area contributed by atoms with E-state index in [0.29, 0.717) is 17.3 Å². The Balaban J connectivity index is 1.82. The first-order chi connectivity index (χ1) is 9.97. The number of anilines is 1. The van der Waals surface area contributed by atoms with Gasteiger partial charge >= 0.3 is 0 Å². The molecule has 0 radical (unpaired) electrons. The second-order valence-corrected chi connectivity index (χ2v) is 6.84. The zero-order valence-corrected chi connectivity index (χ0v) is 12.6. The maximum Gasteiger partial charge on any atom is 0.267 e. The third-order valence-corrected chi connectivity index (χ3v) is 5.26. The Morgan fingerprint density at radius 3 is 2.38 bits per heavy atom. The fraction of sp³-hybridized carbons (Fsp3) is 0.462. The van der Waals surface area contributed by atoms with E-state index in [1.54, 1.807) is 13.8 Å². The summed E-state index contributed by atoms with van der Waals surface area (Å²) in [5.41, 5.74) is 0.657. The SMILES string of the molecule is Cc1noc(C)c1S(=O)(=O)Nc1cnc(C2CCC2)nc1. The lowest BCUT2D eigenvalue weighted by Gasteiger charge is -2.23. The smallest absolute Gasteiger partial charge is 0.267 e. The number of hydrogen-bond acceptors (Lipinski definition) is 6. The molecule has 0 spiro atoms. The summed E-state index contributed by atoms with van der Waals surface area (Å²) < 4.78 is 32.0. The molecule has 1 fully saturated rings. The van der Waals surface area contributed by atoms with Crippen LogP contribution in [0.5, 0.6) is 0 Å². The molecule has 0 atom stereocenters. The van der Waals surface area contributed by atoms with Gasteiger partial charge < -0.3 is 4.52 Å². The van der Waals surface area contributed by atoms with Crippen molar-refractivity contribution in [2.75, 3.05) is 4.72 Å². The van der Waals surface area contributed by atoms with Crippen molar-refractivity contribution in [3.8, 4) is 0 Å². The Kier molecular flexibility index (Phi) is 3.40. The third-order valence-electron chi connectivity index (χ3n) is 3.63. The molecule has 0 amide bonds. The van der Waals surface area contributed by atoms with Gasteiger partial charge in [-0.1, -0.05) is 11.6 Å². The summed E-state index contributed by atoms with van der Waals surface area (Å²) in [4.78, 5) is 8.53. The molecule has 0 aromatic carbocycles. The number of rotatable bonds is 4. The lowest BCUT2D eigenvalue weighted by atomic mass is 9.85. The van der Waals surface area contributed by atoms with Crippen LogP contribution in [0.2, 0.25) is 0 Å². The highest BCUT2D eigenvalue weighted by Crippen LogP contribution is 2.34. The summed E-state index contributed by atoms with van der Waals surface area (Å²) in [7, 11) is -3.74. The van der Waals surface area contributed by atoms with Crippen LogP contribution < -0.4 is 4.72 Å². The van der Waals surface area contributed by atoms with Crippen molar-refractivity contribution < 1.29 is 12.9 Å². The van der Waals surface area contributed by atoms with E-state index in [1.807, 2.05) is 0 Å². The topological polar surface area (TPSA) is 98.0 Å². The molecule has 112 valence electrons. The molecule has 0 saturated heterocycles. The maximum atomic E-state index is 12.3. The van der Waals surface area contributed by atoms with E-state index in [-0.39, 0.29) is 10.7 Å². The zero-order valence-electron chi connectivity index (χ0n) is 11.8. The molecule has 0 unspecified atom stereocenters. The molecule has 1 aliphatic carbocycles. The van der Waals surface area contributed by atoms with E-state index >= 15 is 0 Å². The quantitative estimate of drug-likeness (QED) is 0.929. The molecule has 8 heteroatoms. The number of sulfonamides is 1. The van der Waals surface area contributed by atoms with Crippen LogP contribution in [0.4, 0.5) is 5.69 Å². The van der Waals surface area contributed by atoms with Gasteiger partial charge in [0.1, 0.15) is 11.5 Å². The first-order valence-electron chi connectivity index (χ1n) is 6.75. The van der Waals surface area contributed by atoms with Crippen LogP contribution in [-0.2, 0) is 10.0 Å². The van der Waals surface area contributed by atoms with Gasteiger partial charge in [-0.15, -0.1) is 0 Å². The second-order valence-electron chi connectivity index (χ2n) is 5.22. The van der Waals surface area contributed by atoms with E-state index in [2.05, 4.69) is 19.8 Å². The fourth-order valence-electron chi connectivity index (χ4n) is 2.33. The Morgan fingerprint density at radius 1 is 1.24 bits per heavy atom. The van der Waals surface area contributed by atoms with Gasteiger partial charge in [0.2, 0.25) is 0 Å². The molecule has 7 nitrogen and oxygen atoms in total. The van der Waals surface area contributed by atoms with Gasteiger partial charge in [0.05, 0.1) is 18.1 Å². The first kappa shape index (κ1) is 14.0. The highest BCUT2D eigenvalue weighted by molar-refractivity contribution is 7.92. The average Bonchev–Trinajstić information content (AvgIpc) is 2.69. The summed E-state index contributed by atoms with van der Waals surface area (Å²) in [5, 5.41) is 3.65. The van der Waals surface area contributed by atoms with E-state index in [0.717, 1.165) is 18.7 Å². The molecule has 2 heterocycles. The number of nitrogens with one attached hydrogen (secondary N) is 1. The summed E-state index contributed by atoms with van der Waals surface area (Å²) in [5.74, 6) is 1.45. The van der Waals surface area contributed by atoms with Crippen LogP contribution in [0.15, 0.2) is 21.8 Å². The van der Waals surface area contributed by atoms with Crippen molar-refractivity contribution in [1.82, 2.24) is 15.1 Å². The Hall–Kier alpha value is -1.96. The average molecular weight is 308 g/mol. The van der Waals surface area contributed by atoms with Crippen molar-refractivity contribution in [3.05, 3.63) is 29.7 Å². The maximum absolute atomic E-state index is 12.3. The van der Waals surface area contributed by atoms with Gasteiger partial charge in [0.25, 0.3) is 10.0 Å². The van der Waals surface area contributed by atoms with Crippen LogP contribution >= 0.6 is 0 Å². The monoisotopic (exact) mass is 308 g/mol. The van der Waals surface area contributed by atoms with E-state index in [4.69, 9.17) is 4.52 Å². The van der Waals surface area contributed by atoms with Crippen molar-refractivity contribution >= 4 is 15.7 Å². The summed E-state index contributed by atoms with van der Waals surface area (Å²) in [6.07, 6.45) is 6.40. The van der Waals surface area contributed by atoms with Crippen LogP contribution in [0.1, 0.15) is 42.5 Å². The normalized spacial score (nSPS) is 15.7. The summed E-state index contributed by atoms with van der Waals surface area (Å²) >= 11 is 0. The van der Waals surface area contributed by atoms with Crippen LogP contribution in [-0.4, -0.2) is 23.5 Å². The molecular weight excluding hydrogens is 292 g/mol. The van der Waals surface area contributed by atoms with Crippen LogP contribution in [0.25, 0.3) is 0 Å². The van der Waals surface area contributed by atoms with Gasteiger partial charge in [0.15, 0.2) is 10.7 Å². The van der Waals surface area contributed by atoms with Crippen molar-refractivity contribution in [3.63, 3.8) is 0 Å². The van der Waals surface area contributed by atoms with Gasteiger partial charge in [-0.05, 0) is 26.7 Å². The Morgan fingerprint density at radius 2 is 1.90 bits per heavy atom. The van der Waals surface area contributed by atoms with Crippen LogP contribution in [0, 0.1) is 13.8 Å². The molecular formula is C13H16N4O3S. The third kappa shape index (κ3) is 2.63. The fourth-order valence-corrected chi connectivity index (χ4v) is 3.69. The molecule has 1 aliphatic rings. The molecule has 2 aromatic rings. The highest BCUT2D eigenvalue weighted by atomic mass is 32.2. The largest absolute Gasteiger partial charge is 0.360 e. The van der Waals surface area contributed by atoms with Crippen molar-refractivity contribution in [2.24, 2.45) is 0 Å². The number of hydrogen-bond donors (Lipinski definition) is 1. The molecule has 0 bridgehead atoms. The first-order valence-corrected chi connectivity index (χ1v) is 8.23. The van der Waals surface area contributed by atoms with E-state index in [1.165, 1.54) is 18.8 Å². The van der Waals surface area contributed by atoms with Crippen LogP contribution in [0.3, 0.4) is 0 Å². The van der Waals surface area contributed by atoms with Gasteiger partial charge in [-0.25, -0.2) is 18.4 Å². The summed E-state index contributed by atoms with van der Waals surface area (Å²) in [6, 6.07) is 0. The predicted molar refractivity (Wildman–Crippen MR) is 75.4 cm³/mol. The van der Waals surface area contributed by atoms with Gasteiger partial charge in [-0.3, -0.25) is 4.72 Å². The molecule has 21 heavy (non-hydrogen) atoms. The number of nitrogens with zero attached hydrogens (tertiary/aromatic N) is 3. The van der Waals surface area contributed by atoms with E-state index < -0.39 is 10.0 Å². The van der Waals surface area contributed by atoms with Gasteiger partial charge in [-0.2, -0.15) is 0 Å². The number of aryl methyl sites for hydroxylation is 2. The molecule has 0 aliphatic heterocycles. The summed E-state index contributed by atoms with van der Waals surface area (Å²) in [6.45, 7) is 3.14. The van der Waals surface area contributed by atoms with Crippen molar-refractivity contribution in [1.29, 1.82) is 0 Å². The minimum absolute atomic E-state index is 0.0607. The minimum atomic E-state index is -3.74. The van der Waals surface area contributed by atoms with Gasteiger partial charge in [0, 0.05) is 5.92 Å². The Labute approximate surface area is 122 Å². The standard InChI is InChI=1S/C13H16N4O3S/c1-8-12(9(2)20-16-8)21(18,19)17-11-6-14-13(15-7-11)10-4-3-5-10/h6-7,10,17H,3-5H2,1-2H3. The molecule has 3 rings (SSSR count). The predicted octanol–water partition coefficient (Wildman–Crippen LogP) is 2.15. The lowest BCUT2D eigenvalue weighted by molar-refractivity contribution is 0.390. The number of aromatic nitrogens is 3. The van der Waals surface area contributed by atoms with Crippen molar-refractivity contribution in [2.45, 2.75) is 43.9 Å². The molecule has 1 saturated carbocycles. The lowest BCUT2D eigenvalue weighted by Crippen LogP contribution is -2.16. The highest BCUT2D eigenvalue weighted by Gasteiger charge is 2.25. The molecule has 2 aromatic heterocycles. The Bertz CT molecular complexity index is 729. The minimum Gasteiger partial charge on any atom is -0.360 e.